The molecule has 0 saturated heterocycles. The number of halogens is 1. The average molecular weight is 279 g/mol. The molecule has 0 amide bonds. The van der Waals surface area contributed by atoms with Crippen LogP contribution in [0.25, 0.3) is 0 Å². The Labute approximate surface area is 121 Å². The zero-order chi connectivity index (χ0) is 14.5. The standard InChI is InChI=1S/C17H26FNO/c1-4-19-15-10-9-13(12(2)3)11-17(15)20-16-8-6-5-7-14(16)18/h5-8,12-13,15,17,19H,4,9-11H2,1-3H3. The van der Waals surface area contributed by atoms with Crippen LogP contribution in [0.2, 0.25) is 0 Å². The van der Waals surface area contributed by atoms with Crippen molar-refractivity contribution in [3.05, 3.63) is 30.1 Å². The van der Waals surface area contributed by atoms with E-state index in [1.807, 2.05) is 6.07 Å². The van der Waals surface area contributed by atoms with Gasteiger partial charge in [-0.05, 0) is 49.8 Å². The van der Waals surface area contributed by atoms with Gasteiger partial charge in [-0.15, -0.1) is 0 Å². The predicted molar refractivity (Wildman–Crippen MR) is 80.5 cm³/mol. The van der Waals surface area contributed by atoms with Crippen molar-refractivity contribution in [2.24, 2.45) is 11.8 Å². The first-order valence-electron chi connectivity index (χ1n) is 7.76. The van der Waals surface area contributed by atoms with Crippen LogP contribution in [0.15, 0.2) is 24.3 Å². The van der Waals surface area contributed by atoms with Gasteiger partial charge in [-0.3, -0.25) is 0 Å². The normalized spacial score (nSPS) is 26.8. The highest BCUT2D eigenvalue weighted by Gasteiger charge is 2.33. The predicted octanol–water partition coefficient (Wildman–Crippen LogP) is 4.01. The maximum Gasteiger partial charge on any atom is 0.165 e. The van der Waals surface area contributed by atoms with E-state index in [0.717, 1.165) is 19.4 Å². The fourth-order valence-corrected chi connectivity index (χ4v) is 3.09. The molecule has 0 bridgehead atoms. The number of nitrogens with one attached hydrogen (secondary N) is 1. The molecule has 0 aliphatic heterocycles. The van der Waals surface area contributed by atoms with Gasteiger partial charge >= 0.3 is 0 Å². The first kappa shape index (κ1) is 15.3. The molecule has 1 aliphatic carbocycles. The van der Waals surface area contributed by atoms with Crippen molar-refractivity contribution >= 4 is 0 Å². The number of para-hydroxylation sites is 1. The van der Waals surface area contributed by atoms with Gasteiger partial charge in [-0.2, -0.15) is 0 Å². The minimum Gasteiger partial charge on any atom is -0.486 e. The van der Waals surface area contributed by atoms with Crippen molar-refractivity contribution in [2.45, 2.75) is 52.2 Å². The molecule has 1 fully saturated rings. The second-order valence-electron chi connectivity index (χ2n) is 6.07. The summed E-state index contributed by atoms with van der Waals surface area (Å²) in [5, 5.41) is 3.49. The molecular weight excluding hydrogens is 253 g/mol. The molecule has 3 atom stereocenters. The van der Waals surface area contributed by atoms with Crippen LogP contribution in [0, 0.1) is 17.7 Å². The van der Waals surface area contributed by atoms with E-state index in [4.69, 9.17) is 4.74 Å². The topological polar surface area (TPSA) is 21.3 Å². The monoisotopic (exact) mass is 279 g/mol. The maximum absolute atomic E-state index is 13.8. The van der Waals surface area contributed by atoms with E-state index in [9.17, 15) is 4.39 Å². The van der Waals surface area contributed by atoms with Gasteiger partial charge in [0.05, 0.1) is 0 Å². The van der Waals surface area contributed by atoms with Crippen molar-refractivity contribution in [3.63, 3.8) is 0 Å². The van der Waals surface area contributed by atoms with Crippen LogP contribution >= 0.6 is 0 Å². The Hall–Kier alpha value is -1.09. The van der Waals surface area contributed by atoms with Gasteiger partial charge in [0, 0.05) is 6.04 Å². The minimum absolute atomic E-state index is 0.0630. The summed E-state index contributed by atoms with van der Waals surface area (Å²) in [6, 6.07) is 7.03. The van der Waals surface area contributed by atoms with Gasteiger partial charge in [0.1, 0.15) is 6.10 Å². The van der Waals surface area contributed by atoms with Gasteiger partial charge < -0.3 is 10.1 Å². The molecule has 3 unspecified atom stereocenters. The molecule has 1 saturated carbocycles. The molecule has 0 heterocycles. The lowest BCUT2D eigenvalue weighted by atomic mass is 9.78. The van der Waals surface area contributed by atoms with E-state index in [1.165, 1.54) is 12.5 Å². The largest absolute Gasteiger partial charge is 0.486 e. The zero-order valence-corrected chi connectivity index (χ0v) is 12.7. The summed E-state index contributed by atoms with van der Waals surface area (Å²) < 4.78 is 19.8. The first-order valence-corrected chi connectivity index (χ1v) is 7.76. The van der Waals surface area contributed by atoms with Gasteiger partial charge in [0.15, 0.2) is 11.6 Å². The summed E-state index contributed by atoms with van der Waals surface area (Å²) in [7, 11) is 0. The van der Waals surface area contributed by atoms with E-state index in [1.54, 1.807) is 12.1 Å². The Morgan fingerprint density at radius 1 is 1.30 bits per heavy atom. The number of ether oxygens (including phenoxy) is 1. The molecule has 2 rings (SSSR count). The van der Waals surface area contributed by atoms with Crippen LogP contribution in [0.4, 0.5) is 4.39 Å². The van der Waals surface area contributed by atoms with E-state index in [0.29, 0.717) is 23.6 Å². The number of hydrogen-bond donors (Lipinski definition) is 1. The number of likely N-dealkylation sites (N-methyl/N-ethyl adjacent to an activating group) is 1. The first-order chi connectivity index (χ1) is 9.61. The fourth-order valence-electron chi connectivity index (χ4n) is 3.09. The summed E-state index contributed by atoms with van der Waals surface area (Å²) in [5.41, 5.74) is 0. The van der Waals surface area contributed by atoms with Crippen molar-refractivity contribution in [3.8, 4) is 5.75 Å². The Kier molecular flexibility index (Phi) is 5.41. The SMILES string of the molecule is CCNC1CCC(C(C)C)CC1Oc1ccccc1F. The molecule has 0 aromatic heterocycles. The molecular formula is C17H26FNO. The van der Waals surface area contributed by atoms with E-state index in [2.05, 4.69) is 26.1 Å². The second-order valence-corrected chi connectivity index (χ2v) is 6.07. The molecule has 0 spiro atoms. The molecule has 2 nitrogen and oxygen atoms in total. The summed E-state index contributed by atoms with van der Waals surface area (Å²) >= 11 is 0. The van der Waals surface area contributed by atoms with Crippen molar-refractivity contribution in [2.75, 3.05) is 6.54 Å². The lowest BCUT2D eigenvalue weighted by molar-refractivity contribution is 0.0694. The number of benzene rings is 1. The molecule has 3 heteroatoms. The van der Waals surface area contributed by atoms with E-state index >= 15 is 0 Å². The number of rotatable bonds is 5. The smallest absolute Gasteiger partial charge is 0.165 e. The molecule has 1 aliphatic rings. The Morgan fingerprint density at radius 2 is 2.05 bits per heavy atom. The lowest BCUT2D eigenvalue weighted by Crippen LogP contribution is -2.47. The molecule has 112 valence electrons. The minimum atomic E-state index is -0.269. The van der Waals surface area contributed by atoms with Crippen LogP contribution in [0.1, 0.15) is 40.0 Å². The number of hydrogen-bond acceptors (Lipinski definition) is 2. The highest BCUT2D eigenvalue weighted by Crippen LogP contribution is 2.33. The highest BCUT2D eigenvalue weighted by molar-refractivity contribution is 5.24. The highest BCUT2D eigenvalue weighted by atomic mass is 19.1. The van der Waals surface area contributed by atoms with E-state index < -0.39 is 0 Å². The summed E-state index contributed by atoms with van der Waals surface area (Å²) in [4.78, 5) is 0. The third-order valence-corrected chi connectivity index (χ3v) is 4.36. The summed E-state index contributed by atoms with van der Waals surface area (Å²) in [6.45, 7) is 7.56. The Bertz CT molecular complexity index is 421. The van der Waals surface area contributed by atoms with Crippen molar-refractivity contribution < 1.29 is 9.13 Å². The Morgan fingerprint density at radius 3 is 2.70 bits per heavy atom. The van der Waals surface area contributed by atoms with Crippen molar-refractivity contribution in [1.82, 2.24) is 5.32 Å². The maximum atomic E-state index is 13.8. The van der Waals surface area contributed by atoms with Crippen LogP contribution in [-0.4, -0.2) is 18.7 Å². The van der Waals surface area contributed by atoms with Gasteiger partial charge in [-0.1, -0.05) is 32.9 Å². The molecule has 0 radical (unpaired) electrons. The van der Waals surface area contributed by atoms with Gasteiger partial charge in [0.2, 0.25) is 0 Å². The van der Waals surface area contributed by atoms with E-state index in [-0.39, 0.29) is 11.9 Å². The second kappa shape index (κ2) is 7.07. The Balaban J connectivity index is 2.09. The molecule has 1 aromatic carbocycles. The third kappa shape index (κ3) is 3.72. The fraction of sp³-hybridized carbons (Fsp3) is 0.647. The van der Waals surface area contributed by atoms with Crippen LogP contribution in [0.5, 0.6) is 5.75 Å². The van der Waals surface area contributed by atoms with Crippen LogP contribution in [-0.2, 0) is 0 Å². The molecule has 1 aromatic rings. The summed E-state index contributed by atoms with van der Waals surface area (Å²) in [6.07, 6.45) is 3.40. The van der Waals surface area contributed by atoms with Gasteiger partial charge in [-0.25, -0.2) is 4.39 Å². The summed E-state index contributed by atoms with van der Waals surface area (Å²) in [5.74, 6) is 1.44. The third-order valence-electron chi connectivity index (χ3n) is 4.36. The zero-order valence-electron chi connectivity index (χ0n) is 12.7. The lowest BCUT2D eigenvalue weighted by Gasteiger charge is -2.38. The van der Waals surface area contributed by atoms with Crippen molar-refractivity contribution in [1.29, 1.82) is 0 Å². The van der Waals surface area contributed by atoms with Crippen LogP contribution < -0.4 is 10.1 Å². The molecule has 1 N–H and O–H groups in total. The average Bonchev–Trinajstić information content (AvgIpc) is 2.43. The van der Waals surface area contributed by atoms with Gasteiger partial charge in [0.25, 0.3) is 0 Å². The molecule has 20 heavy (non-hydrogen) atoms. The quantitative estimate of drug-likeness (QED) is 0.879. The van der Waals surface area contributed by atoms with Crippen LogP contribution in [0.3, 0.4) is 0 Å².